The third-order valence-electron chi connectivity index (χ3n) is 3.03. The van der Waals surface area contributed by atoms with Crippen LogP contribution in [0.4, 0.5) is 4.39 Å². The van der Waals surface area contributed by atoms with Gasteiger partial charge in [0.1, 0.15) is 23.3 Å². The molecule has 0 saturated heterocycles. The van der Waals surface area contributed by atoms with E-state index in [1.165, 1.54) is 12.1 Å². The molecule has 3 rings (SSSR count). The van der Waals surface area contributed by atoms with Gasteiger partial charge in [-0.1, -0.05) is 29.8 Å². The zero-order valence-corrected chi connectivity index (χ0v) is 13.2. The van der Waals surface area contributed by atoms with Crippen LogP contribution >= 0.6 is 27.5 Å². The second-order valence-electron chi connectivity index (χ2n) is 4.49. The van der Waals surface area contributed by atoms with Crippen LogP contribution in [-0.4, -0.2) is 4.98 Å². The van der Waals surface area contributed by atoms with Crippen molar-refractivity contribution >= 4 is 38.4 Å². The molecular formula is C16H10BrClFNO. The zero-order valence-electron chi connectivity index (χ0n) is 10.8. The van der Waals surface area contributed by atoms with Crippen molar-refractivity contribution < 1.29 is 9.13 Å². The average Bonchev–Trinajstić information content (AvgIpc) is 2.46. The number of hydrogen-bond donors (Lipinski definition) is 0. The monoisotopic (exact) mass is 365 g/mol. The number of rotatable bonds is 3. The van der Waals surface area contributed by atoms with E-state index in [-0.39, 0.29) is 12.4 Å². The highest BCUT2D eigenvalue weighted by molar-refractivity contribution is 9.10. The smallest absolute Gasteiger partial charge is 0.136 e. The number of halogens is 3. The molecule has 0 atom stereocenters. The minimum absolute atomic E-state index is 0.265. The van der Waals surface area contributed by atoms with Crippen LogP contribution in [0.5, 0.6) is 5.75 Å². The molecule has 3 aromatic rings. The first-order chi connectivity index (χ1) is 10.1. The molecule has 0 aliphatic carbocycles. The Morgan fingerprint density at radius 3 is 2.76 bits per heavy atom. The Kier molecular flexibility index (Phi) is 4.08. The quantitative estimate of drug-likeness (QED) is 0.581. The van der Waals surface area contributed by atoms with E-state index in [4.69, 9.17) is 16.3 Å². The summed E-state index contributed by atoms with van der Waals surface area (Å²) in [5.74, 6) is 0.236. The van der Waals surface area contributed by atoms with Crippen LogP contribution in [-0.2, 0) is 6.61 Å². The summed E-state index contributed by atoms with van der Waals surface area (Å²) in [5.41, 5.74) is 1.63. The minimum atomic E-state index is -0.320. The van der Waals surface area contributed by atoms with Gasteiger partial charge in [-0.15, -0.1) is 0 Å². The van der Waals surface area contributed by atoms with Crippen LogP contribution in [0, 0.1) is 5.82 Å². The molecule has 0 unspecified atom stereocenters. The molecule has 0 spiro atoms. The van der Waals surface area contributed by atoms with Gasteiger partial charge in [0, 0.05) is 10.9 Å². The fourth-order valence-electron chi connectivity index (χ4n) is 1.99. The highest BCUT2D eigenvalue weighted by atomic mass is 79.9. The summed E-state index contributed by atoms with van der Waals surface area (Å²) < 4.78 is 19.3. The minimum Gasteiger partial charge on any atom is -0.488 e. The number of ether oxygens (including phenoxy) is 1. The van der Waals surface area contributed by atoms with Gasteiger partial charge in [-0.2, -0.15) is 0 Å². The topological polar surface area (TPSA) is 22.1 Å². The third kappa shape index (κ3) is 3.17. The van der Waals surface area contributed by atoms with Crippen molar-refractivity contribution in [1.29, 1.82) is 0 Å². The van der Waals surface area contributed by atoms with Crippen LogP contribution in [0.3, 0.4) is 0 Å². The second-order valence-corrected chi connectivity index (χ2v) is 5.71. The largest absolute Gasteiger partial charge is 0.488 e. The lowest BCUT2D eigenvalue weighted by molar-refractivity contribution is 0.303. The van der Waals surface area contributed by atoms with E-state index in [1.807, 2.05) is 30.3 Å². The predicted octanol–water partition coefficient (Wildman–Crippen LogP) is 5.37. The Hall–Kier alpha value is -1.65. The molecule has 0 radical (unpaired) electrons. The van der Waals surface area contributed by atoms with E-state index in [1.54, 1.807) is 6.07 Å². The van der Waals surface area contributed by atoms with E-state index in [9.17, 15) is 4.39 Å². The van der Waals surface area contributed by atoms with Gasteiger partial charge in [-0.25, -0.2) is 9.37 Å². The zero-order chi connectivity index (χ0) is 14.8. The second kappa shape index (κ2) is 6.00. The Balaban J connectivity index is 1.86. The Bertz CT molecular complexity index is 809. The molecule has 0 bridgehead atoms. The normalized spacial score (nSPS) is 10.8. The highest BCUT2D eigenvalue weighted by Gasteiger charge is 2.08. The molecule has 5 heteroatoms. The Morgan fingerprint density at radius 1 is 1.14 bits per heavy atom. The summed E-state index contributed by atoms with van der Waals surface area (Å²) in [6, 6.07) is 14.0. The molecule has 1 aromatic heterocycles. The molecule has 0 amide bonds. The van der Waals surface area contributed by atoms with Crippen molar-refractivity contribution in [2.75, 3.05) is 0 Å². The van der Waals surface area contributed by atoms with Crippen molar-refractivity contribution in [3.05, 3.63) is 69.5 Å². The van der Waals surface area contributed by atoms with Gasteiger partial charge in [-0.05, 0) is 46.3 Å². The maximum atomic E-state index is 13.0. The molecule has 0 N–H and O–H groups in total. The number of nitrogens with zero attached hydrogens (tertiary/aromatic N) is 1. The third-order valence-corrected chi connectivity index (χ3v) is 3.97. The number of pyridine rings is 1. The van der Waals surface area contributed by atoms with Crippen LogP contribution in [0.25, 0.3) is 10.9 Å². The van der Waals surface area contributed by atoms with Crippen LogP contribution in [0.2, 0.25) is 5.15 Å². The summed E-state index contributed by atoms with van der Waals surface area (Å²) in [5, 5.41) is 1.41. The average molecular weight is 367 g/mol. The summed E-state index contributed by atoms with van der Waals surface area (Å²) in [6.07, 6.45) is 0. The van der Waals surface area contributed by atoms with Crippen molar-refractivity contribution in [2.45, 2.75) is 6.61 Å². The lowest BCUT2D eigenvalue weighted by Gasteiger charge is -2.10. The molecule has 1 heterocycles. The number of aromatic nitrogens is 1. The molecule has 0 fully saturated rings. The Labute approximate surface area is 134 Å². The molecule has 2 aromatic carbocycles. The lowest BCUT2D eigenvalue weighted by Crippen LogP contribution is -1.99. The van der Waals surface area contributed by atoms with Gasteiger partial charge in [0.2, 0.25) is 0 Å². The Morgan fingerprint density at radius 2 is 1.95 bits per heavy atom. The summed E-state index contributed by atoms with van der Waals surface area (Å²) in [6.45, 7) is 0.265. The summed E-state index contributed by atoms with van der Waals surface area (Å²) in [4.78, 5) is 4.34. The fraction of sp³-hybridized carbons (Fsp3) is 0.0625. The molecule has 21 heavy (non-hydrogen) atoms. The molecule has 0 aliphatic rings. The first-order valence-corrected chi connectivity index (χ1v) is 7.42. The predicted molar refractivity (Wildman–Crippen MR) is 85.2 cm³/mol. The number of fused-ring (bicyclic) bond motifs is 1. The van der Waals surface area contributed by atoms with Crippen LogP contribution in [0.15, 0.2) is 53.0 Å². The van der Waals surface area contributed by atoms with E-state index in [0.717, 1.165) is 16.5 Å². The van der Waals surface area contributed by atoms with E-state index < -0.39 is 0 Å². The molecule has 2 nitrogen and oxygen atoms in total. The SMILES string of the molecule is Fc1ccc(OCc2cc3ccccc3nc2Cl)c(Br)c1. The molecule has 0 saturated carbocycles. The first kappa shape index (κ1) is 14.3. The van der Waals surface area contributed by atoms with Crippen molar-refractivity contribution in [3.8, 4) is 5.75 Å². The highest BCUT2D eigenvalue weighted by Crippen LogP contribution is 2.27. The first-order valence-electron chi connectivity index (χ1n) is 6.25. The molecule has 0 aliphatic heterocycles. The van der Waals surface area contributed by atoms with Gasteiger partial charge in [0.25, 0.3) is 0 Å². The van der Waals surface area contributed by atoms with E-state index in [0.29, 0.717) is 15.4 Å². The molecule has 106 valence electrons. The van der Waals surface area contributed by atoms with Crippen molar-refractivity contribution in [1.82, 2.24) is 4.98 Å². The van der Waals surface area contributed by atoms with Crippen LogP contribution in [0.1, 0.15) is 5.56 Å². The maximum Gasteiger partial charge on any atom is 0.136 e. The van der Waals surface area contributed by atoms with Gasteiger partial charge in [-0.3, -0.25) is 0 Å². The van der Waals surface area contributed by atoms with Gasteiger partial charge >= 0.3 is 0 Å². The van der Waals surface area contributed by atoms with Gasteiger partial charge in [0.15, 0.2) is 0 Å². The standard InChI is InChI=1S/C16H10BrClFNO/c17-13-8-12(19)5-6-15(13)21-9-11-7-10-3-1-2-4-14(10)20-16(11)18/h1-8H,9H2. The summed E-state index contributed by atoms with van der Waals surface area (Å²) in [7, 11) is 0. The number of benzene rings is 2. The maximum absolute atomic E-state index is 13.0. The van der Waals surface area contributed by atoms with Crippen LogP contribution < -0.4 is 4.74 Å². The lowest BCUT2D eigenvalue weighted by atomic mass is 10.2. The fourth-order valence-corrected chi connectivity index (χ4v) is 2.65. The van der Waals surface area contributed by atoms with Gasteiger partial charge in [0.05, 0.1) is 9.99 Å². The summed E-state index contributed by atoms with van der Waals surface area (Å²) >= 11 is 9.44. The number of para-hydroxylation sites is 1. The van der Waals surface area contributed by atoms with Gasteiger partial charge < -0.3 is 4.74 Å². The number of hydrogen-bond acceptors (Lipinski definition) is 2. The van der Waals surface area contributed by atoms with Crippen molar-refractivity contribution in [2.24, 2.45) is 0 Å². The van der Waals surface area contributed by atoms with Crippen molar-refractivity contribution in [3.63, 3.8) is 0 Å². The van der Waals surface area contributed by atoms with E-state index in [2.05, 4.69) is 20.9 Å². The molecular weight excluding hydrogens is 357 g/mol. The van der Waals surface area contributed by atoms with E-state index >= 15 is 0 Å².